The van der Waals surface area contributed by atoms with Gasteiger partial charge in [0, 0.05) is 32.2 Å². The highest BCUT2D eigenvalue weighted by molar-refractivity contribution is 6.31. The molecule has 0 radical (unpaired) electrons. The molecule has 6 heteroatoms. The summed E-state index contributed by atoms with van der Waals surface area (Å²) >= 11 is 5.76. The molecule has 1 saturated heterocycles. The lowest BCUT2D eigenvalue weighted by Crippen LogP contribution is -2.47. The highest BCUT2D eigenvalue weighted by Crippen LogP contribution is 2.44. The molecule has 2 nitrogen and oxygen atoms in total. The Bertz CT molecular complexity index is 523. The average Bonchev–Trinajstić information content (AvgIpc) is 2.43. The molecule has 0 aromatic heterocycles. The van der Waals surface area contributed by atoms with Crippen molar-refractivity contribution >= 4 is 11.6 Å². The van der Waals surface area contributed by atoms with Crippen molar-refractivity contribution in [1.82, 2.24) is 10.2 Å². The van der Waals surface area contributed by atoms with Crippen molar-refractivity contribution in [2.45, 2.75) is 31.5 Å². The third-order valence-corrected chi connectivity index (χ3v) is 5.11. The van der Waals surface area contributed by atoms with Gasteiger partial charge in [-0.2, -0.15) is 13.2 Å². The number of benzene rings is 1. The van der Waals surface area contributed by atoms with E-state index in [1.54, 1.807) is 6.07 Å². The van der Waals surface area contributed by atoms with E-state index in [0.29, 0.717) is 5.92 Å². The molecule has 0 spiro atoms. The van der Waals surface area contributed by atoms with E-state index in [4.69, 9.17) is 11.6 Å². The molecule has 1 aliphatic heterocycles. The van der Waals surface area contributed by atoms with Gasteiger partial charge in [0.1, 0.15) is 0 Å². The number of piperazine rings is 1. The molecule has 1 N–H and O–H groups in total. The van der Waals surface area contributed by atoms with Crippen molar-refractivity contribution in [1.29, 1.82) is 0 Å². The van der Waals surface area contributed by atoms with Crippen LogP contribution in [0.5, 0.6) is 0 Å². The lowest BCUT2D eigenvalue weighted by Gasteiger charge is -2.43. The zero-order valence-corrected chi connectivity index (χ0v) is 13.1. The van der Waals surface area contributed by atoms with E-state index in [0.717, 1.165) is 44.6 Å². The molecule has 2 aliphatic rings. The molecule has 0 unspecified atom stereocenters. The van der Waals surface area contributed by atoms with Gasteiger partial charge in [-0.3, -0.25) is 4.90 Å². The standard InChI is InChI=1S/C16H20ClF3N2/c17-14-5-4-12(10-13(14)16(18,19)20)15(11-2-1-3-11)22-8-6-21-7-9-22/h4-5,10-11,15,21H,1-3,6-9H2/t15-/m1/s1. The maximum atomic E-state index is 13.1. The molecule has 0 amide bonds. The van der Waals surface area contributed by atoms with E-state index in [9.17, 15) is 13.2 Å². The highest BCUT2D eigenvalue weighted by atomic mass is 35.5. The van der Waals surface area contributed by atoms with Crippen LogP contribution in [0.15, 0.2) is 18.2 Å². The average molecular weight is 333 g/mol. The fourth-order valence-corrected chi connectivity index (χ4v) is 3.67. The molecule has 1 heterocycles. The maximum Gasteiger partial charge on any atom is 0.417 e. The predicted octanol–water partition coefficient (Wildman–Crippen LogP) is 4.11. The van der Waals surface area contributed by atoms with Gasteiger partial charge in [0.25, 0.3) is 0 Å². The summed E-state index contributed by atoms with van der Waals surface area (Å²) in [5.41, 5.74) is 0.0365. The Kier molecular flexibility index (Phi) is 4.67. The van der Waals surface area contributed by atoms with Crippen LogP contribution in [0.4, 0.5) is 13.2 Å². The van der Waals surface area contributed by atoms with E-state index >= 15 is 0 Å². The lowest BCUT2D eigenvalue weighted by atomic mass is 9.76. The quantitative estimate of drug-likeness (QED) is 0.896. The van der Waals surface area contributed by atoms with Gasteiger partial charge in [-0.25, -0.2) is 0 Å². The van der Waals surface area contributed by atoms with Crippen molar-refractivity contribution in [3.05, 3.63) is 34.3 Å². The minimum Gasteiger partial charge on any atom is -0.314 e. The second-order valence-corrected chi connectivity index (χ2v) is 6.57. The molecule has 1 aromatic carbocycles. The molecule has 1 aromatic rings. The Balaban J connectivity index is 1.93. The van der Waals surface area contributed by atoms with Crippen LogP contribution in [0.25, 0.3) is 0 Å². The van der Waals surface area contributed by atoms with Gasteiger partial charge in [0.2, 0.25) is 0 Å². The first-order valence-corrected chi connectivity index (χ1v) is 8.16. The third kappa shape index (κ3) is 3.26. The molecule has 22 heavy (non-hydrogen) atoms. The Labute approximate surface area is 133 Å². The van der Waals surface area contributed by atoms with Gasteiger partial charge < -0.3 is 5.32 Å². The summed E-state index contributed by atoms with van der Waals surface area (Å²) in [6.45, 7) is 3.54. The van der Waals surface area contributed by atoms with Gasteiger partial charge in [0.15, 0.2) is 0 Å². The summed E-state index contributed by atoms with van der Waals surface area (Å²) in [4.78, 5) is 2.32. The van der Waals surface area contributed by atoms with Crippen LogP contribution in [-0.2, 0) is 6.18 Å². The van der Waals surface area contributed by atoms with Crippen molar-refractivity contribution in [3.63, 3.8) is 0 Å². The Morgan fingerprint density at radius 3 is 2.41 bits per heavy atom. The van der Waals surface area contributed by atoms with E-state index < -0.39 is 11.7 Å². The molecule has 0 bridgehead atoms. The van der Waals surface area contributed by atoms with Crippen LogP contribution < -0.4 is 5.32 Å². The first-order chi connectivity index (χ1) is 10.5. The number of nitrogens with one attached hydrogen (secondary N) is 1. The monoisotopic (exact) mass is 332 g/mol. The summed E-state index contributed by atoms with van der Waals surface area (Å²) in [7, 11) is 0. The zero-order valence-electron chi connectivity index (χ0n) is 12.3. The number of rotatable bonds is 3. The summed E-state index contributed by atoms with van der Waals surface area (Å²) < 4.78 is 39.4. The van der Waals surface area contributed by atoms with E-state index in [1.165, 1.54) is 18.6 Å². The number of alkyl halides is 3. The van der Waals surface area contributed by atoms with Gasteiger partial charge in [-0.15, -0.1) is 0 Å². The van der Waals surface area contributed by atoms with Gasteiger partial charge in [0.05, 0.1) is 10.6 Å². The fraction of sp³-hybridized carbons (Fsp3) is 0.625. The molecule has 2 fully saturated rings. The van der Waals surface area contributed by atoms with E-state index in [-0.39, 0.29) is 11.1 Å². The normalized spacial score (nSPS) is 22.4. The van der Waals surface area contributed by atoms with E-state index in [2.05, 4.69) is 10.2 Å². The first-order valence-electron chi connectivity index (χ1n) is 7.78. The molecule has 1 aliphatic carbocycles. The summed E-state index contributed by atoms with van der Waals surface area (Å²) in [6, 6.07) is 4.50. The van der Waals surface area contributed by atoms with Crippen molar-refractivity contribution in [2.75, 3.05) is 26.2 Å². The number of halogens is 4. The van der Waals surface area contributed by atoms with Crippen LogP contribution in [0.2, 0.25) is 5.02 Å². The number of nitrogens with zero attached hydrogens (tertiary/aromatic N) is 1. The molecular formula is C16H20ClF3N2. The molecule has 1 atom stereocenters. The van der Waals surface area contributed by atoms with Crippen molar-refractivity contribution in [3.8, 4) is 0 Å². The Morgan fingerprint density at radius 1 is 1.18 bits per heavy atom. The molecule has 122 valence electrons. The van der Waals surface area contributed by atoms with Crippen molar-refractivity contribution in [2.24, 2.45) is 5.92 Å². The Morgan fingerprint density at radius 2 is 1.86 bits per heavy atom. The lowest BCUT2D eigenvalue weighted by molar-refractivity contribution is -0.137. The largest absolute Gasteiger partial charge is 0.417 e. The second kappa shape index (κ2) is 6.38. The van der Waals surface area contributed by atoms with Crippen LogP contribution in [0.1, 0.15) is 36.4 Å². The van der Waals surface area contributed by atoms with Gasteiger partial charge in [-0.1, -0.05) is 24.1 Å². The molecule has 1 saturated carbocycles. The van der Waals surface area contributed by atoms with E-state index in [1.807, 2.05) is 0 Å². The smallest absolute Gasteiger partial charge is 0.314 e. The fourth-order valence-electron chi connectivity index (χ4n) is 3.44. The minimum absolute atomic E-state index is 0.0780. The predicted molar refractivity (Wildman–Crippen MR) is 81.0 cm³/mol. The van der Waals surface area contributed by atoms with Crippen molar-refractivity contribution < 1.29 is 13.2 Å². The summed E-state index contributed by atoms with van der Waals surface area (Å²) in [5.74, 6) is 0.459. The highest BCUT2D eigenvalue weighted by Gasteiger charge is 2.37. The van der Waals surface area contributed by atoms with Gasteiger partial charge in [-0.05, 0) is 36.5 Å². The third-order valence-electron chi connectivity index (χ3n) is 4.78. The molecule has 3 rings (SSSR count). The number of hydrogen-bond acceptors (Lipinski definition) is 2. The number of hydrogen-bond donors (Lipinski definition) is 1. The van der Waals surface area contributed by atoms with Crippen LogP contribution in [0, 0.1) is 5.92 Å². The van der Waals surface area contributed by atoms with Crippen LogP contribution in [-0.4, -0.2) is 31.1 Å². The summed E-state index contributed by atoms with van der Waals surface area (Å²) in [6.07, 6.45) is -1.04. The second-order valence-electron chi connectivity index (χ2n) is 6.16. The Hall–Kier alpha value is -0.780. The first kappa shape index (κ1) is 16.1. The minimum atomic E-state index is -4.40. The SMILES string of the molecule is FC(F)(F)c1cc([C@@H](C2CCC2)N2CCNCC2)ccc1Cl. The van der Waals surface area contributed by atoms with Crippen LogP contribution in [0.3, 0.4) is 0 Å². The van der Waals surface area contributed by atoms with Gasteiger partial charge >= 0.3 is 6.18 Å². The topological polar surface area (TPSA) is 15.3 Å². The maximum absolute atomic E-state index is 13.1. The molecular weight excluding hydrogens is 313 g/mol. The summed E-state index contributed by atoms with van der Waals surface area (Å²) in [5, 5.41) is 3.08. The zero-order chi connectivity index (χ0) is 15.7. The van der Waals surface area contributed by atoms with Crippen LogP contribution >= 0.6 is 11.6 Å².